The van der Waals surface area contributed by atoms with Crippen molar-refractivity contribution in [3.05, 3.63) is 0 Å². The quantitative estimate of drug-likeness (QED) is 0.759. The van der Waals surface area contributed by atoms with Gasteiger partial charge in [-0.25, -0.2) is 0 Å². The molecule has 1 rings (SSSR count). The fourth-order valence-corrected chi connectivity index (χ4v) is 2.64. The first-order chi connectivity index (χ1) is 7.17. The van der Waals surface area contributed by atoms with E-state index < -0.39 is 0 Å². The van der Waals surface area contributed by atoms with Crippen molar-refractivity contribution in [2.45, 2.75) is 64.5 Å². The molecule has 1 fully saturated rings. The van der Waals surface area contributed by atoms with Crippen molar-refractivity contribution in [1.29, 1.82) is 0 Å². The Bertz CT molecular complexity index is 162. The molecule has 2 heteroatoms. The average molecular weight is 212 g/mol. The summed E-state index contributed by atoms with van der Waals surface area (Å²) in [4.78, 5) is 2.49. The first-order valence-corrected chi connectivity index (χ1v) is 6.63. The Morgan fingerprint density at radius 3 is 2.27 bits per heavy atom. The van der Waals surface area contributed by atoms with E-state index in [2.05, 4.69) is 25.8 Å². The largest absolute Gasteiger partial charge is 0.327 e. The van der Waals surface area contributed by atoms with E-state index in [1.165, 1.54) is 32.1 Å². The van der Waals surface area contributed by atoms with Gasteiger partial charge < -0.3 is 10.6 Å². The van der Waals surface area contributed by atoms with Crippen LogP contribution < -0.4 is 5.73 Å². The van der Waals surface area contributed by atoms with E-state index in [-0.39, 0.29) is 0 Å². The zero-order chi connectivity index (χ0) is 11.3. The number of hydrogen-bond acceptors (Lipinski definition) is 2. The smallest absolute Gasteiger partial charge is 0.0165 e. The van der Waals surface area contributed by atoms with E-state index in [0.717, 1.165) is 24.9 Å². The molecule has 2 N–H and O–H groups in total. The van der Waals surface area contributed by atoms with Gasteiger partial charge in [0.05, 0.1) is 0 Å². The predicted octanol–water partition coefficient (Wildman–Crippen LogP) is 2.62. The van der Waals surface area contributed by atoms with Crippen LogP contribution in [0.25, 0.3) is 0 Å². The van der Waals surface area contributed by atoms with E-state index in [4.69, 9.17) is 5.73 Å². The molecule has 90 valence electrons. The highest BCUT2D eigenvalue weighted by atomic mass is 15.1. The van der Waals surface area contributed by atoms with Crippen LogP contribution in [0, 0.1) is 5.92 Å². The minimum Gasteiger partial charge on any atom is -0.327 e. The third-order valence-electron chi connectivity index (χ3n) is 4.06. The van der Waals surface area contributed by atoms with Crippen molar-refractivity contribution in [1.82, 2.24) is 4.90 Å². The summed E-state index contributed by atoms with van der Waals surface area (Å²) in [5, 5.41) is 0. The Morgan fingerprint density at radius 1 is 1.20 bits per heavy atom. The zero-order valence-electron chi connectivity index (χ0n) is 10.7. The van der Waals surface area contributed by atoms with Crippen molar-refractivity contribution in [3.63, 3.8) is 0 Å². The lowest BCUT2D eigenvalue weighted by atomic mass is 9.84. The normalized spacial score (nSPS) is 29.4. The van der Waals surface area contributed by atoms with Gasteiger partial charge >= 0.3 is 0 Å². The van der Waals surface area contributed by atoms with Crippen LogP contribution in [0.15, 0.2) is 0 Å². The lowest BCUT2D eigenvalue weighted by Gasteiger charge is -2.35. The summed E-state index contributed by atoms with van der Waals surface area (Å²) in [6.07, 6.45) is 8.07. The van der Waals surface area contributed by atoms with Crippen LogP contribution in [-0.4, -0.2) is 30.6 Å². The summed E-state index contributed by atoms with van der Waals surface area (Å²) in [5.74, 6) is 0.995. The molecule has 1 unspecified atom stereocenters. The van der Waals surface area contributed by atoms with Crippen molar-refractivity contribution in [2.75, 3.05) is 13.6 Å². The summed E-state index contributed by atoms with van der Waals surface area (Å²) < 4.78 is 0. The Labute approximate surface area is 95.2 Å². The molecule has 1 atom stereocenters. The minimum atomic E-state index is 0.360. The second kappa shape index (κ2) is 6.49. The monoisotopic (exact) mass is 212 g/mol. The predicted molar refractivity (Wildman–Crippen MR) is 66.9 cm³/mol. The number of nitrogens with zero attached hydrogens (tertiary/aromatic N) is 1. The zero-order valence-corrected chi connectivity index (χ0v) is 10.7. The molecule has 0 radical (unpaired) electrons. The molecule has 0 aliphatic heterocycles. The van der Waals surface area contributed by atoms with Crippen LogP contribution in [0.4, 0.5) is 0 Å². The van der Waals surface area contributed by atoms with Gasteiger partial charge in [0.25, 0.3) is 0 Å². The molecule has 0 bridgehead atoms. The molecule has 1 aliphatic rings. The molecule has 2 nitrogen and oxygen atoms in total. The van der Waals surface area contributed by atoms with Gasteiger partial charge in [-0.3, -0.25) is 0 Å². The van der Waals surface area contributed by atoms with Crippen LogP contribution in [0.3, 0.4) is 0 Å². The van der Waals surface area contributed by atoms with Gasteiger partial charge in [0.1, 0.15) is 0 Å². The maximum Gasteiger partial charge on any atom is 0.0165 e. The van der Waals surface area contributed by atoms with Gasteiger partial charge in [-0.1, -0.05) is 20.3 Å². The molecule has 0 aromatic heterocycles. The maximum absolute atomic E-state index is 5.99. The van der Waals surface area contributed by atoms with Crippen LogP contribution in [0.2, 0.25) is 0 Å². The van der Waals surface area contributed by atoms with Crippen LogP contribution in [0.5, 0.6) is 0 Å². The number of likely N-dealkylation sites (N-methyl/N-ethyl adjacent to an activating group) is 1. The number of hydrogen-bond donors (Lipinski definition) is 1. The Balaban J connectivity index is 2.26. The van der Waals surface area contributed by atoms with E-state index in [9.17, 15) is 0 Å². The van der Waals surface area contributed by atoms with Gasteiger partial charge in [-0.15, -0.1) is 0 Å². The molecule has 0 aromatic rings. The van der Waals surface area contributed by atoms with Gasteiger partial charge in [0, 0.05) is 18.6 Å². The molecule has 0 amide bonds. The molecule has 0 heterocycles. The maximum atomic E-state index is 5.99. The highest BCUT2D eigenvalue weighted by Gasteiger charge is 2.23. The van der Waals surface area contributed by atoms with Crippen molar-refractivity contribution in [2.24, 2.45) is 11.7 Å². The highest BCUT2D eigenvalue weighted by molar-refractivity contribution is 4.79. The third-order valence-corrected chi connectivity index (χ3v) is 4.06. The fourth-order valence-electron chi connectivity index (χ4n) is 2.64. The topological polar surface area (TPSA) is 29.3 Å². The van der Waals surface area contributed by atoms with Gasteiger partial charge in [-0.05, 0) is 45.1 Å². The molecule has 0 aromatic carbocycles. The Kier molecular flexibility index (Phi) is 5.62. The lowest BCUT2D eigenvalue weighted by molar-refractivity contribution is 0.156. The summed E-state index contributed by atoms with van der Waals surface area (Å²) in [6.45, 7) is 5.56. The van der Waals surface area contributed by atoms with E-state index in [0.29, 0.717) is 6.04 Å². The molecular weight excluding hydrogens is 184 g/mol. The SMILES string of the molecule is CCC(N)CN(C)C1CCC(CC)CC1. The third kappa shape index (κ3) is 4.12. The molecular formula is C13H28N2. The second-order valence-corrected chi connectivity index (χ2v) is 5.19. The first-order valence-electron chi connectivity index (χ1n) is 6.63. The number of rotatable bonds is 5. The second-order valence-electron chi connectivity index (χ2n) is 5.19. The fraction of sp³-hybridized carbons (Fsp3) is 1.00. The molecule has 15 heavy (non-hydrogen) atoms. The summed E-state index contributed by atoms with van der Waals surface area (Å²) in [7, 11) is 2.24. The summed E-state index contributed by atoms with van der Waals surface area (Å²) >= 11 is 0. The van der Waals surface area contributed by atoms with Crippen LogP contribution in [0.1, 0.15) is 52.4 Å². The van der Waals surface area contributed by atoms with Crippen LogP contribution >= 0.6 is 0 Å². The van der Waals surface area contributed by atoms with Gasteiger partial charge in [0.2, 0.25) is 0 Å². The van der Waals surface area contributed by atoms with Crippen molar-refractivity contribution in [3.8, 4) is 0 Å². The lowest BCUT2D eigenvalue weighted by Crippen LogP contribution is -2.42. The standard InChI is InChI=1S/C13H28N2/c1-4-11-6-8-13(9-7-11)15(3)10-12(14)5-2/h11-13H,4-10,14H2,1-3H3. The summed E-state index contributed by atoms with van der Waals surface area (Å²) in [5.41, 5.74) is 5.99. The van der Waals surface area contributed by atoms with Gasteiger partial charge in [-0.2, -0.15) is 0 Å². The average Bonchev–Trinajstić information content (AvgIpc) is 2.29. The van der Waals surface area contributed by atoms with E-state index >= 15 is 0 Å². The van der Waals surface area contributed by atoms with Crippen molar-refractivity contribution >= 4 is 0 Å². The molecule has 0 saturated heterocycles. The Hall–Kier alpha value is -0.0800. The van der Waals surface area contributed by atoms with E-state index in [1.54, 1.807) is 0 Å². The minimum absolute atomic E-state index is 0.360. The molecule has 0 spiro atoms. The first kappa shape index (κ1) is 13.0. The Morgan fingerprint density at radius 2 is 1.80 bits per heavy atom. The van der Waals surface area contributed by atoms with Gasteiger partial charge in [0.15, 0.2) is 0 Å². The summed E-state index contributed by atoms with van der Waals surface area (Å²) in [6, 6.07) is 1.16. The molecule has 1 saturated carbocycles. The van der Waals surface area contributed by atoms with Crippen molar-refractivity contribution < 1.29 is 0 Å². The molecule has 1 aliphatic carbocycles. The van der Waals surface area contributed by atoms with E-state index in [1.807, 2.05) is 0 Å². The highest BCUT2D eigenvalue weighted by Crippen LogP contribution is 2.28. The number of nitrogens with two attached hydrogens (primary N) is 1. The van der Waals surface area contributed by atoms with Crippen LogP contribution in [-0.2, 0) is 0 Å².